The standard InChI is InChI=1S/C16H26N2O2/c1-14(2)20-13-12-17-8-10-18(11-9-17)15-6-4-5-7-16(15)19-3/h4-7,14H,8-13H2,1-3H3. The highest BCUT2D eigenvalue weighted by Gasteiger charge is 2.19. The molecule has 0 atom stereocenters. The fourth-order valence-electron chi connectivity index (χ4n) is 2.52. The lowest BCUT2D eigenvalue weighted by Gasteiger charge is -2.36. The maximum absolute atomic E-state index is 5.62. The predicted octanol–water partition coefficient (Wildman–Crippen LogP) is 2.24. The Balaban J connectivity index is 1.82. The van der Waals surface area contributed by atoms with Crippen molar-refractivity contribution in [3.8, 4) is 5.75 Å². The third-order valence-electron chi connectivity index (χ3n) is 3.66. The van der Waals surface area contributed by atoms with E-state index in [9.17, 15) is 0 Å². The van der Waals surface area contributed by atoms with E-state index in [0.29, 0.717) is 6.10 Å². The molecule has 0 amide bonds. The van der Waals surface area contributed by atoms with E-state index in [0.717, 1.165) is 45.1 Å². The highest BCUT2D eigenvalue weighted by atomic mass is 16.5. The van der Waals surface area contributed by atoms with Crippen LogP contribution in [0.15, 0.2) is 24.3 Å². The topological polar surface area (TPSA) is 24.9 Å². The van der Waals surface area contributed by atoms with E-state index < -0.39 is 0 Å². The van der Waals surface area contributed by atoms with Crippen LogP contribution in [0.2, 0.25) is 0 Å². The summed E-state index contributed by atoms with van der Waals surface area (Å²) < 4.78 is 11.1. The first-order valence-electron chi connectivity index (χ1n) is 7.42. The molecule has 0 N–H and O–H groups in total. The number of hydrogen-bond acceptors (Lipinski definition) is 4. The van der Waals surface area contributed by atoms with E-state index in [1.807, 2.05) is 12.1 Å². The molecule has 0 saturated carbocycles. The number of nitrogens with zero attached hydrogens (tertiary/aromatic N) is 2. The van der Waals surface area contributed by atoms with E-state index >= 15 is 0 Å². The van der Waals surface area contributed by atoms with Crippen LogP contribution in [0.5, 0.6) is 5.75 Å². The van der Waals surface area contributed by atoms with E-state index in [1.54, 1.807) is 7.11 Å². The first-order valence-corrected chi connectivity index (χ1v) is 7.42. The van der Waals surface area contributed by atoms with Gasteiger partial charge in [-0.1, -0.05) is 12.1 Å². The Kier molecular flexibility index (Phi) is 5.68. The van der Waals surface area contributed by atoms with Gasteiger partial charge in [0.05, 0.1) is 25.5 Å². The molecule has 1 aliphatic rings. The van der Waals surface area contributed by atoms with Gasteiger partial charge >= 0.3 is 0 Å². The Morgan fingerprint density at radius 2 is 1.80 bits per heavy atom. The van der Waals surface area contributed by atoms with Gasteiger partial charge in [0.25, 0.3) is 0 Å². The van der Waals surface area contributed by atoms with Crippen molar-refractivity contribution in [3.05, 3.63) is 24.3 Å². The van der Waals surface area contributed by atoms with Gasteiger partial charge in [-0.15, -0.1) is 0 Å². The lowest BCUT2D eigenvalue weighted by molar-refractivity contribution is 0.0579. The highest BCUT2D eigenvalue weighted by molar-refractivity contribution is 5.58. The van der Waals surface area contributed by atoms with Crippen LogP contribution < -0.4 is 9.64 Å². The molecule has 4 heteroatoms. The van der Waals surface area contributed by atoms with E-state index in [1.165, 1.54) is 5.69 Å². The minimum absolute atomic E-state index is 0.324. The monoisotopic (exact) mass is 278 g/mol. The molecule has 0 unspecified atom stereocenters. The summed E-state index contributed by atoms with van der Waals surface area (Å²) in [6, 6.07) is 8.25. The molecule has 1 aromatic rings. The summed E-state index contributed by atoms with van der Waals surface area (Å²) >= 11 is 0. The molecule has 1 heterocycles. The fraction of sp³-hybridized carbons (Fsp3) is 0.625. The maximum Gasteiger partial charge on any atom is 0.142 e. The number of hydrogen-bond donors (Lipinski definition) is 0. The van der Waals surface area contributed by atoms with Crippen LogP contribution in [0.1, 0.15) is 13.8 Å². The minimum Gasteiger partial charge on any atom is -0.495 e. The van der Waals surface area contributed by atoms with Crippen molar-refractivity contribution in [2.45, 2.75) is 20.0 Å². The fourth-order valence-corrected chi connectivity index (χ4v) is 2.52. The quantitative estimate of drug-likeness (QED) is 0.797. The smallest absolute Gasteiger partial charge is 0.142 e. The molecule has 1 saturated heterocycles. The molecule has 0 aliphatic carbocycles. The zero-order chi connectivity index (χ0) is 14.4. The second-order valence-electron chi connectivity index (χ2n) is 5.42. The average Bonchev–Trinajstić information content (AvgIpc) is 2.47. The molecule has 4 nitrogen and oxygen atoms in total. The maximum atomic E-state index is 5.62. The zero-order valence-electron chi connectivity index (χ0n) is 12.8. The minimum atomic E-state index is 0.324. The van der Waals surface area contributed by atoms with Crippen LogP contribution in [0.4, 0.5) is 5.69 Å². The second-order valence-corrected chi connectivity index (χ2v) is 5.42. The van der Waals surface area contributed by atoms with Crippen molar-refractivity contribution >= 4 is 5.69 Å². The van der Waals surface area contributed by atoms with Gasteiger partial charge in [0, 0.05) is 32.7 Å². The van der Waals surface area contributed by atoms with Gasteiger partial charge in [-0.3, -0.25) is 4.90 Å². The highest BCUT2D eigenvalue weighted by Crippen LogP contribution is 2.28. The summed E-state index contributed by atoms with van der Waals surface area (Å²) in [6.45, 7) is 10.3. The summed E-state index contributed by atoms with van der Waals surface area (Å²) in [5.74, 6) is 0.962. The van der Waals surface area contributed by atoms with Gasteiger partial charge in [0.2, 0.25) is 0 Å². The number of methoxy groups -OCH3 is 1. The molecule has 20 heavy (non-hydrogen) atoms. The molecule has 0 aromatic heterocycles. The predicted molar refractivity (Wildman–Crippen MR) is 82.7 cm³/mol. The van der Waals surface area contributed by atoms with Crippen molar-refractivity contribution in [2.24, 2.45) is 0 Å². The molecule has 2 rings (SSSR count). The van der Waals surface area contributed by atoms with Gasteiger partial charge in [0.1, 0.15) is 5.75 Å². The van der Waals surface area contributed by atoms with Crippen LogP contribution in [0, 0.1) is 0 Å². The summed E-state index contributed by atoms with van der Waals surface area (Å²) in [4.78, 5) is 4.87. The van der Waals surface area contributed by atoms with Gasteiger partial charge in [0.15, 0.2) is 0 Å². The second kappa shape index (κ2) is 7.50. The Hall–Kier alpha value is -1.26. The number of ether oxygens (including phenoxy) is 2. The van der Waals surface area contributed by atoms with Crippen molar-refractivity contribution in [2.75, 3.05) is 51.3 Å². The Labute approximate surface area is 122 Å². The van der Waals surface area contributed by atoms with Crippen molar-refractivity contribution in [3.63, 3.8) is 0 Å². The molecule has 112 valence electrons. The van der Waals surface area contributed by atoms with Crippen LogP contribution >= 0.6 is 0 Å². The molecular formula is C16H26N2O2. The molecule has 1 aromatic carbocycles. The summed E-state index contributed by atoms with van der Waals surface area (Å²) in [6.07, 6.45) is 0.324. The summed E-state index contributed by atoms with van der Waals surface area (Å²) in [5, 5.41) is 0. The number of para-hydroxylation sites is 2. The third kappa shape index (κ3) is 4.12. The Morgan fingerprint density at radius 1 is 1.10 bits per heavy atom. The van der Waals surface area contributed by atoms with E-state index in [2.05, 4.69) is 35.8 Å². The van der Waals surface area contributed by atoms with Crippen LogP contribution in [-0.2, 0) is 4.74 Å². The third-order valence-corrected chi connectivity index (χ3v) is 3.66. The van der Waals surface area contributed by atoms with E-state index in [4.69, 9.17) is 9.47 Å². The first-order chi connectivity index (χ1) is 9.70. The van der Waals surface area contributed by atoms with Gasteiger partial charge < -0.3 is 14.4 Å². The summed E-state index contributed by atoms with van der Waals surface area (Å²) in [5.41, 5.74) is 1.20. The molecule has 0 bridgehead atoms. The van der Waals surface area contributed by atoms with Crippen LogP contribution in [-0.4, -0.2) is 57.4 Å². The van der Waals surface area contributed by atoms with Gasteiger partial charge in [-0.05, 0) is 26.0 Å². The molecule has 0 spiro atoms. The molecule has 1 fully saturated rings. The van der Waals surface area contributed by atoms with Crippen molar-refractivity contribution < 1.29 is 9.47 Å². The largest absolute Gasteiger partial charge is 0.495 e. The number of anilines is 1. The van der Waals surface area contributed by atoms with Gasteiger partial charge in [-0.25, -0.2) is 0 Å². The Bertz CT molecular complexity index is 401. The number of benzene rings is 1. The van der Waals surface area contributed by atoms with Gasteiger partial charge in [-0.2, -0.15) is 0 Å². The van der Waals surface area contributed by atoms with E-state index in [-0.39, 0.29) is 0 Å². The molecular weight excluding hydrogens is 252 g/mol. The Morgan fingerprint density at radius 3 is 2.45 bits per heavy atom. The first kappa shape index (κ1) is 15.1. The SMILES string of the molecule is COc1ccccc1N1CCN(CCOC(C)C)CC1. The lowest BCUT2D eigenvalue weighted by atomic mass is 10.2. The van der Waals surface area contributed by atoms with Crippen molar-refractivity contribution in [1.82, 2.24) is 4.90 Å². The normalized spacial score (nSPS) is 16.7. The van der Waals surface area contributed by atoms with Crippen LogP contribution in [0.25, 0.3) is 0 Å². The van der Waals surface area contributed by atoms with Crippen LogP contribution in [0.3, 0.4) is 0 Å². The summed E-state index contributed by atoms with van der Waals surface area (Å²) in [7, 11) is 1.73. The zero-order valence-corrected chi connectivity index (χ0v) is 12.8. The number of piperazine rings is 1. The molecule has 0 radical (unpaired) electrons. The average molecular weight is 278 g/mol. The number of rotatable bonds is 6. The lowest BCUT2D eigenvalue weighted by Crippen LogP contribution is -2.47. The van der Waals surface area contributed by atoms with Crippen molar-refractivity contribution in [1.29, 1.82) is 0 Å². The molecule has 1 aliphatic heterocycles.